The molecule has 2 aliphatic heterocycles. The molecule has 1 spiro atoms. The number of hydrogen-bond acceptors (Lipinski definition) is 5. The fourth-order valence-electron chi connectivity index (χ4n) is 8.50. The van der Waals surface area contributed by atoms with Gasteiger partial charge < -0.3 is 19.6 Å². The molecule has 1 amide bonds. The molecule has 6 nitrogen and oxygen atoms in total. The molecule has 0 unspecified atom stereocenters. The number of carbonyl (C=O) groups excluding carboxylic acids is 1. The number of anilines is 1. The first-order chi connectivity index (χ1) is 19.2. The van der Waals surface area contributed by atoms with Crippen LogP contribution in [0.3, 0.4) is 0 Å². The Kier molecular flexibility index (Phi) is 5.91. The summed E-state index contributed by atoms with van der Waals surface area (Å²) in [6.45, 7) is 6.41. The van der Waals surface area contributed by atoms with Crippen molar-refractivity contribution in [1.29, 1.82) is 0 Å². The van der Waals surface area contributed by atoms with Crippen LogP contribution in [0.4, 0.5) is 5.69 Å². The predicted molar refractivity (Wildman–Crippen MR) is 157 cm³/mol. The summed E-state index contributed by atoms with van der Waals surface area (Å²) < 4.78 is 6.82. The normalized spacial score (nSPS) is 29.6. The van der Waals surface area contributed by atoms with E-state index in [0.717, 1.165) is 49.4 Å². The van der Waals surface area contributed by atoms with Crippen molar-refractivity contribution < 1.29 is 14.6 Å². The summed E-state index contributed by atoms with van der Waals surface area (Å²) in [6.07, 6.45) is 6.52. The quantitative estimate of drug-likeness (QED) is 0.584. The zero-order chi connectivity index (χ0) is 27.9. The molecule has 3 aliphatic carbocycles. The monoisotopic (exact) mass is 539 g/mol. The second-order valence-electron chi connectivity index (χ2n) is 13.2. The molecule has 2 aromatic carbocycles. The summed E-state index contributed by atoms with van der Waals surface area (Å²) in [6, 6.07) is 8.36. The molecular formula is C34H41N3O3. The molecule has 3 fully saturated rings. The number of ether oxygens (including phenoxy) is 1. The zero-order valence-electron chi connectivity index (χ0n) is 24.5. The highest BCUT2D eigenvalue weighted by molar-refractivity contribution is 5.94. The summed E-state index contributed by atoms with van der Waals surface area (Å²) in [7, 11) is 6.02. The Balaban J connectivity index is 1.26. The molecule has 1 N–H and O–H groups in total. The predicted octanol–water partition coefficient (Wildman–Crippen LogP) is 4.40. The molecule has 0 aromatic heterocycles. The maximum Gasteiger partial charge on any atom is 0.298 e. The third kappa shape index (κ3) is 3.77. The largest absolute Gasteiger partial charge is 0.504 e. The van der Waals surface area contributed by atoms with E-state index in [0.29, 0.717) is 17.7 Å². The number of benzene rings is 2. The van der Waals surface area contributed by atoms with Crippen LogP contribution in [0.5, 0.6) is 11.5 Å². The topological polar surface area (TPSA) is 56.2 Å². The van der Waals surface area contributed by atoms with E-state index in [9.17, 15) is 9.90 Å². The highest BCUT2D eigenvalue weighted by atomic mass is 16.5. The van der Waals surface area contributed by atoms with Crippen LogP contribution in [0.2, 0.25) is 0 Å². The first-order valence-electron chi connectivity index (χ1n) is 15.0. The Morgan fingerprint density at radius 2 is 1.93 bits per heavy atom. The summed E-state index contributed by atoms with van der Waals surface area (Å²) in [5.41, 5.74) is 6.75. The van der Waals surface area contributed by atoms with Gasteiger partial charge in [-0.3, -0.25) is 9.69 Å². The molecule has 40 heavy (non-hydrogen) atoms. The third-order valence-electron chi connectivity index (χ3n) is 10.8. The van der Waals surface area contributed by atoms with Crippen molar-refractivity contribution in [2.75, 3.05) is 39.1 Å². The number of hydrogen-bond donors (Lipinski definition) is 1. The average Bonchev–Trinajstić information content (AvgIpc) is 3.68. The average molecular weight is 540 g/mol. The summed E-state index contributed by atoms with van der Waals surface area (Å²) in [4.78, 5) is 20.2. The lowest BCUT2D eigenvalue weighted by Crippen LogP contribution is -2.69. The van der Waals surface area contributed by atoms with Gasteiger partial charge in [0.1, 0.15) is 6.10 Å². The van der Waals surface area contributed by atoms with Gasteiger partial charge in [0.05, 0.1) is 6.04 Å². The number of likely N-dealkylation sites (tertiary alicyclic amines) is 1. The molecule has 7 rings (SSSR count). The standard InChI is InChI=1S/C34H41N3O3/c1-20-6-7-22(16-21(20)2)10-13-30(39)36(5)26-12-11-25-28-17-24-27(35(3)4)18-29(38)32-31(24)34(25,33(26)40-32)14-15-37(28)19-23-8-9-23/h6-7,16,18,23,25-26,28,33,38H,8-9,11-12,14-15,17,19H2,1-5H3/t25-,26-,28+,33-,34-/m0/s1. The van der Waals surface area contributed by atoms with Crippen molar-refractivity contribution >= 4 is 11.6 Å². The molecule has 0 radical (unpaired) electrons. The fraction of sp³-hybridized carbons (Fsp3) is 0.559. The maximum absolute atomic E-state index is 13.5. The van der Waals surface area contributed by atoms with Crippen molar-refractivity contribution in [3.8, 4) is 23.3 Å². The summed E-state index contributed by atoms with van der Waals surface area (Å²) in [5.74, 6) is 8.07. The minimum atomic E-state index is -0.184. The second kappa shape index (κ2) is 9.17. The van der Waals surface area contributed by atoms with E-state index in [2.05, 4.69) is 55.6 Å². The fourth-order valence-corrected chi connectivity index (χ4v) is 8.50. The SMILES string of the molecule is Cc1ccc(C#CC(=O)N(C)[C@H]2CC[C@H]3[C@H]4Cc5c(N(C)C)cc(O)c6c5[C@@]3(CCN4CC3CC3)[C@H]2O6)cc1C. The summed E-state index contributed by atoms with van der Waals surface area (Å²) in [5, 5.41) is 11.2. The Morgan fingerprint density at radius 1 is 1.12 bits per heavy atom. The van der Waals surface area contributed by atoms with Gasteiger partial charge in [0.2, 0.25) is 0 Å². The van der Waals surface area contributed by atoms with Gasteiger partial charge in [0, 0.05) is 67.9 Å². The molecule has 5 atom stereocenters. The van der Waals surface area contributed by atoms with Crippen LogP contribution < -0.4 is 9.64 Å². The van der Waals surface area contributed by atoms with Crippen LogP contribution in [-0.2, 0) is 16.6 Å². The number of likely N-dealkylation sites (N-methyl/N-ethyl adjacent to an activating group) is 1. The number of amides is 1. The van der Waals surface area contributed by atoms with Crippen molar-refractivity contribution in [2.45, 2.75) is 76.0 Å². The molecule has 2 aromatic rings. The zero-order valence-corrected chi connectivity index (χ0v) is 24.5. The van der Waals surface area contributed by atoms with E-state index in [4.69, 9.17) is 4.74 Å². The van der Waals surface area contributed by atoms with Crippen LogP contribution in [0.25, 0.3) is 0 Å². The van der Waals surface area contributed by atoms with Crippen molar-refractivity contribution in [3.05, 3.63) is 52.1 Å². The molecular weight excluding hydrogens is 498 g/mol. The van der Waals surface area contributed by atoms with Crippen LogP contribution in [0.15, 0.2) is 24.3 Å². The number of nitrogens with zero attached hydrogens (tertiary/aromatic N) is 3. The number of aryl methyl sites for hydroxylation is 2. The lowest BCUT2D eigenvalue weighted by molar-refractivity contribution is -0.134. The Bertz CT molecular complexity index is 1450. The molecule has 2 heterocycles. The van der Waals surface area contributed by atoms with E-state index in [1.807, 2.05) is 30.1 Å². The third-order valence-corrected chi connectivity index (χ3v) is 10.8. The molecule has 2 saturated carbocycles. The van der Waals surface area contributed by atoms with Crippen molar-refractivity contribution in [1.82, 2.24) is 9.80 Å². The minimum absolute atomic E-state index is 0.0889. The van der Waals surface area contributed by atoms with Gasteiger partial charge in [-0.15, -0.1) is 0 Å². The Labute approximate surface area is 238 Å². The van der Waals surface area contributed by atoms with Crippen LogP contribution in [-0.4, -0.2) is 73.2 Å². The van der Waals surface area contributed by atoms with Crippen LogP contribution in [0, 0.1) is 37.5 Å². The van der Waals surface area contributed by atoms with E-state index in [1.165, 1.54) is 41.6 Å². The smallest absolute Gasteiger partial charge is 0.298 e. The summed E-state index contributed by atoms with van der Waals surface area (Å²) >= 11 is 0. The molecule has 5 aliphatic rings. The van der Waals surface area contributed by atoms with Crippen molar-refractivity contribution in [3.63, 3.8) is 0 Å². The first-order valence-corrected chi connectivity index (χ1v) is 15.0. The Hall–Kier alpha value is -3.17. The van der Waals surface area contributed by atoms with E-state index in [-0.39, 0.29) is 29.2 Å². The number of carbonyl (C=O) groups is 1. The lowest BCUT2D eigenvalue weighted by Gasteiger charge is -2.60. The Morgan fingerprint density at radius 3 is 2.65 bits per heavy atom. The second-order valence-corrected chi connectivity index (χ2v) is 13.2. The van der Waals surface area contributed by atoms with Crippen LogP contribution >= 0.6 is 0 Å². The van der Waals surface area contributed by atoms with Gasteiger partial charge in [-0.05, 0) is 99.6 Å². The molecule has 210 valence electrons. The highest BCUT2D eigenvalue weighted by Gasteiger charge is 2.67. The van der Waals surface area contributed by atoms with E-state index >= 15 is 0 Å². The number of aromatic hydroxyl groups is 1. The highest BCUT2D eigenvalue weighted by Crippen LogP contribution is 2.65. The van der Waals surface area contributed by atoms with Gasteiger partial charge in [0.15, 0.2) is 11.5 Å². The number of rotatable bonds is 4. The van der Waals surface area contributed by atoms with Gasteiger partial charge in [0.25, 0.3) is 5.91 Å². The number of phenolic OH excluding ortho intramolecular Hbond substituents is 1. The minimum Gasteiger partial charge on any atom is -0.504 e. The molecule has 6 heteroatoms. The number of piperidine rings is 1. The van der Waals surface area contributed by atoms with Gasteiger partial charge in [-0.25, -0.2) is 0 Å². The van der Waals surface area contributed by atoms with Crippen LogP contribution in [0.1, 0.15) is 59.9 Å². The maximum atomic E-state index is 13.5. The lowest BCUT2D eigenvalue weighted by atomic mass is 9.50. The van der Waals surface area contributed by atoms with Gasteiger partial charge in [-0.2, -0.15) is 0 Å². The first kappa shape index (κ1) is 25.8. The van der Waals surface area contributed by atoms with E-state index < -0.39 is 0 Å². The number of phenols is 1. The van der Waals surface area contributed by atoms with E-state index in [1.54, 1.807) is 0 Å². The van der Waals surface area contributed by atoms with Gasteiger partial charge >= 0.3 is 0 Å². The van der Waals surface area contributed by atoms with Gasteiger partial charge in [-0.1, -0.05) is 12.0 Å². The molecule has 1 saturated heterocycles. The molecule has 2 bridgehead atoms. The van der Waals surface area contributed by atoms with Crippen molar-refractivity contribution in [2.24, 2.45) is 11.8 Å².